The van der Waals surface area contributed by atoms with Crippen LogP contribution in [0, 0.1) is 5.92 Å². The Hall–Kier alpha value is -1.84. The molecule has 21 heavy (non-hydrogen) atoms. The van der Waals surface area contributed by atoms with Crippen LogP contribution in [0.1, 0.15) is 44.1 Å². The number of aromatic nitrogens is 1. The van der Waals surface area contributed by atoms with E-state index in [1.165, 1.54) is 44.6 Å². The van der Waals surface area contributed by atoms with E-state index in [4.69, 9.17) is 5.11 Å². The first-order valence-electron chi connectivity index (χ1n) is 7.88. The standard InChI is InChI=1S/C17H22N2O2/c20-16(21)10-9-14-6-3-11-18-17(14)19-12-4-7-13-5-1-2-8-15(13)19/h3,6,9-11,13,15H,1-2,4-5,7-8,12H2,(H,20,21)/b10-9+/t13-,15-/m1/s1. The maximum atomic E-state index is 10.8. The Morgan fingerprint density at radius 3 is 2.95 bits per heavy atom. The Balaban J connectivity index is 1.89. The van der Waals surface area contributed by atoms with E-state index in [1.807, 2.05) is 12.1 Å². The van der Waals surface area contributed by atoms with Gasteiger partial charge < -0.3 is 10.0 Å². The molecule has 3 rings (SSSR count). The number of piperidine rings is 1. The van der Waals surface area contributed by atoms with Crippen LogP contribution in [0.2, 0.25) is 0 Å². The second kappa shape index (κ2) is 6.29. The minimum Gasteiger partial charge on any atom is -0.478 e. The molecule has 1 aliphatic heterocycles. The first kappa shape index (κ1) is 14.1. The quantitative estimate of drug-likeness (QED) is 0.866. The van der Waals surface area contributed by atoms with Gasteiger partial charge in [-0.15, -0.1) is 0 Å². The summed E-state index contributed by atoms with van der Waals surface area (Å²) in [6.45, 7) is 1.03. The third kappa shape index (κ3) is 3.09. The fourth-order valence-corrected chi connectivity index (χ4v) is 3.83. The summed E-state index contributed by atoms with van der Waals surface area (Å²) in [6.07, 6.45) is 12.4. The van der Waals surface area contributed by atoms with Gasteiger partial charge in [-0.3, -0.25) is 0 Å². The molecule has 2 atom stereocenters. The van der Waals surface area contributed by atoms with Crippen LogP contribution in [0.25, 0.3) is 6.08 Å². The van der Waals surface area contributed by atoms with Gasteiger partial charge in [0, 0.05) is 30.4 Å². The Bertz CT molecular complexity index is 539. The number of fused-ring (bicyclic) bond motifs is 1. The molecule has 2 heterocycles. The summed E-state index contributed by atoms with van der Waals surface area (Å²) in [5.41, 5.74) is 0.908. The molecular formula is C17H22N2O2. The molecule has 0 aromatic carbocycles. The van der Waals surface area contributed by atoms with Crippen molar-refractivity contribution in [3.63, 3.8) is 0 Å². The summed E-state index contributed by atoms with van der Waals surface area (Å²) < 4.78 is 0. The first-order valence-corrected chi connectivity index (χ1v) is 7.88. The van der Waals surface area contributed by atoms with Gasteiger partial charge in [0.2, 0.25) is 0 Å². The van der Waals surface area contributed by atoms with E-state index in [9.17, 15) is 4.79 Å². The van der Waals surface area contributed by atoms with Crippen LogP contribution in [0.5, 0.6) is 0 Å². The average molecular weight is 286 g/mol. The zero-order valence-electron chi connectivity index (χ0n) is 12.2. The second-order valence-corrected chi connectivity index (χ2v) is 6.04. The number of anilines is 1. The number of carboxylic acid groups (broad SMARTS) is 1. The minimum atomic E-state index is -0.918. The fourth-order valence-electron chi connectivity index (χ4n) is 3.83. The van der Waals surface area contributed by atoms with E-state index in [0.717, 1.165) is 23.8 Å². The number of hydrogen-bond donors (Lipinski definition) is 1. The predicted octanol–water partition coefficient (Wildman–Crippen LogP) is 3.34. The van der Waals surface area contributed by atoms with Crippen molar-refractivity contribution in [1.29, 1.82) is 0 Å². The molecule has 0 radical (unpaired) electrons. The van der Waals surface area contributed by atoms with Crippen LogP contribution in [0.15, 0.2) is 24.4 Å². The van der Waals surface area contributed by atoms with Crippen molar-refractivity contribution in [2.75, 3.05) is 11.4 Å². The average Bonchev–Trinajstić information content (AvgIpc) is 2.53. The highest BCUT2D eigenvalue weighted by molar-refractivity contribution is 5.86. The molecule has 0 bridgehead atoms. The number of pyridine rings is 1. The van der Waals surface area contributed by atoms with E-state index in [-0.39, 0.29) is 0 Å². The normalized spacial score (nSPS) is 25.8. The van der Waals surface area contributed by atoms with Crippen molar-refractivity contribution in [2.45, 2.75) is 44.6 Å². The molecule has 1 aromatic heterocycles. The van der Waals surface area contributed by atoms with E-state index in [1.54, 1.807) is 12.3 Å². The molecule has 1 aromatic rings. The molecule has 0 amide bonds. The summed E-state index contributed by atoms with van der Waals surface area (Å²) in [6, 6.07) is 4.40. The number of rotatable bonds is 3. The lowest BCUT2D eigenvalue weighted by Crippen LogP contribution is -2.47. The molecule has 2 fully saturated rings. The monoisotopic (exact) mass is 286 g/mol. The number of nitrogens with zero attached hydrogens (tertiary/aromatic N) is 2. The zero-order valence-corrected chi connectivity index (χ0v) is 12.2. The van der Waals surface area contributed by atoms with Crippen molar-refractivity contribution in [3.05, 3.63) is 30.0 Å². The van der Waals surface area contributed by atoms with Gasteiger partial charge in [0.15, 0.2) is 0 Å². The summed E-state index contributed by atoms with van der Waals surface area (Å²) in [7, 11) is 0. The molecule has 4 heteroatoms. The molecule has 1 saturated carbocycles. The van der Waals surface area contributed by atoms with Crippen LogP contribution in [0.3, 0.4) is 0 Å². The summed E-state index contributed by atoms with van der Waals surface area (Å²) in [5.74, 6) is 0.816. The predicted molar refractivity (Wildman–Crippen MR) is 83.2 cm³/mol. The highest BCUT2D eigenvalue weighted by Gasteiger charge is 2.34. The van der Waals surface area contributed by atoms with Crippen molar-refractivity contribution < 1.29 is 9.90 Å². The van der Waals surface area contributed by atoms with Crippen molar-refractivity contribution in [3.8, 4) is 0 Å². The molecule has 2 aliphatic rings. The summed E-state index contributed by atoms with van der Waals surface area (Å²) in [4.78, 5) is 17.7. The smallest absolute Gasteiger partial charge is 0.328 e. The fraction of sp³-hybridized carbons (Fsp3) is 0.529. The highest BCUT2D eigenvalue weighted by Crippen LogP contribution is 2.38. The van der Waals surface area contributed by atoms with E-state index >= 15 is 0 Å². The number of carboxylic acids is 1. The second-order valence-electron chi connectivity index (χ2n) is 6.04. The van der Waals surface area contributed by atoms with Gasteiger partial charge >= 0.3 is 5.97 Å². The number of hydrogen-bond acceptors (Lipinski definition) is 3. The van der Waals surface area contributed by atoms with Crippen LogP contribution in [-0.4, -0.2) is 28.6 Å². The Morgan fingerprint density at radius 2 is 2.10 bits per heavy atom. The van der Waals surface area contributed by atoms with Crippen molar-refractivity contribution in [1.82, 2.24) is 4.98 Å². The van der Waals surface area contributed by atoms with Gasteiger partial charge in [0.05, 0.1) is 0 Å². The molecule has 1 saturated heterocycles. The minimum absolute atomic E-state index is 0.583. The molecule has 4 nitrogen and oxygen atoms in total. The van der Waals surface area contributed by atoms with E-state index in [2.05, 4.69) is 9.88 Å². The largest absolute Gasteiger partial charge is 0.478 e. The number of carbonyl (C=O) groups is 1. The van der Waals surface area contributed by atoms with Gasteiger partial charge in [0.1, 0.15) is 5.82 Å². The maximum absolute atomic E-state index is 10.8. The van der Waals surface area contributed by atoms with Gasteiger partial charge in [-0.05, 0) is 49.8 Å². The van der Waals surface area contributed by atoms with Gasteiger partial charge in [0.25, 0.3) is 0 Å². The molecule has 0 spiro atoms. The molecule has 0 unspecified atom stereocenters. The highest BCUT2D eigenvalue weighted by atomic mass is 16.4. The Kier molecular flexibility index (Phi) is 4.23. The lowest BCUT2D eigenvalue weighted by atomic mass is 9.78. The van der Waals surface area contributed by atoms with Gasteiger partial charge in [-0.1, -0.05) is 12.8 Å². The SMILES string of the molecule is O=C(O)/C=C/c1cccnc1N1CCC[C@H]2CCCC[C@H]21. The molecule has 1 N–H and O–H groups in total. The lowest BCUT2D eigenvalue weighted by Gasteiger charge is -2.45. The van der Waals surface area contributed by atoms with Gasteiger partial charge in [-0.2, -0.15) is 0 Å². The maximum Gasteiger partial charge on any atom is 0.328 e. The topological polar surface area (TPSA) is 53.4 Å². The third-order valence-electron chi connectivity index (χ3n) is 4.74. The van der Waals surface area contributed by atoms with E-state index < -0.39 is 5.97 Å². The van der Waals surface area contributed by atoms with Gasteiger partial charge in [-0.25, -0.2) is 9.78 Å². The lowest BCUT2D eigenvalue weighted by molar-refractivity contribution is -0.131. The summed E-state index contributed by atoms with van der Waals surface area (Å²) in [5, 5.41) is 8.84. The van der Waals surface area contributed by atoms with Crippen molar-refractivity contribution in [2.24, 2.45) is 5.92 Å². The Morgan fingerprint density at radius 1 is 1.29 bits per heavy atom. The van der Waals surface area contributed by atoms with Crippen molar-refractivity contribution >= 4 is 17.9 Å². The van der Waals surface area contributed by atoms with Crippen LogP contribution in [-0.2, 0) is 4.79 Å². The first-order chi connectivity index (χ1) is 10.3. The Labute approximate surface area is 125 Å². The van der Waals surface area contributed by atoms with E-state index in [0.29, 0.717) is 6.04 Å². The third-order valence-corrected chi connectivity index (χ3v) is 4.74. The number of aliphatic carboxylic acids is 1. The molecule has 1 aliphatic carbocycles. The summed E-state index contributed by atoms with van der Waals surface area (Å²) >= 11 is 0. The van der Waals surface area contributed by atoms with Crippen LogP contribution >= 0.6 is 0 Å². The molecular weight excluding hydrogens is 264 g/mol. The zero-order chi connectivity index (χ0) is 14.7. The van der Waals surface area contributed by atoms with Crippen LogP contribution < -0.4 is 4.90 Å². The van der Waals surface area contributed by atoms with Crippen LogP contribution in [0.4, 0.5) is 5.82 Å². The molecule has 112 valence electrons.